The summed E-state index contributed by atoms with van der Waals surface area (Å²) in [6, 6.07) is 9.08. The smallest absolute Gasteiger partial charge is 0.0366 e. The summed E-state index contributed by atoms with van der Waals surface area (Å²) in [6.45, 7) is 6.57. The molecule has 1 aromatic rings. The van der Waals surface area contributed by atoms with Crippen molar-refractivity contribution in [1.29, 1.82) is 0 Å². The van der Waals surface area contributed by atoms with Crippen molar-refractivity contribution in [3.8, 4) is 0 Å². The molecule has 0 spiro atoms. The number of hydrogen-bond acceptors (Lipinski definition) is 2. The quantitative estimate of drug-likeness (QED) is 0.811. The lowest BCUT2D eigenvalue weighted by atomic mass is 10.0. The Labute approximate surface area is 105 Å². The maximum atomic E-state index is 3.45. The van der Waals surface area contributed by atoms with Crippen LogP contribution in [-0.4, -0.2) is 25.7 Å². The monoisotopic (exact) mass is 232 g/mol. The molecule has 1 aliphatic rings. The van der Waals surface area contributed by atoms with Crippen LogP contribution >= 0.6 is 0 Å². The van der Waals surface area contributed by atoms with Crippen LogP contribution in [0.1, 0.15) is 32.3 Å². The Morgan fingerprint density at radius 2 is 1.71 bits per heavy atom. The number of nitrogens with one attached hydrogen (secondary N) is 1. The van der Waals surface area contributed by atoms with Crippen molar-refractivity contribution in [3.05, 3.63) is 29.8 Å². The fraction of sp³-hybridized carbons (Fsp3) is 0.600. The molecule has 2 heteroatoms. The second-order valence-corrected chi connectivity index (χ2v) is 5.05. The van der Waals surface area contributed by atoms with Crippen molar-refractivity contribution in [2.45, 2.75) is 38.6 Å². The van der Waals surface area contributed by atoms with Crippen LogP contribution < -0.4 is 10.2 Å². The zero-order chi connectivity index (χ0) is 12.3. The van der Waals surface area contributed by atoms with E-state index in [2.05, 4.69) is 55.4 Å². The van der Waals surface area contributed by atoms with Crippen molar-refractivity contribution < 1.29 is 0 Å². The zero-order valence-electron chi connectivity index (χ0n) is 11.3. The van der Waals surface area contributed by atoms with Gasteiger partial charge in [-0.05, 0) is 57.9 Å². The van der Waals surface area contributed by atoms with Gasteiger partial charge in [-0.2, -0.15) is 0 Å². The number of benzene rings is 1. The molecule has 2 rings (SSSR count). The summed E-state index contributed by atoms with van der Waals surface area (Å²) in [5, 5.41) is 3.45. The fourth-order valence-electron chi connectivity index (χ4n) is 2.47. The van der Waals surface area contributed by atoms with Gasteiger partial charge in [-0.25, -0.2) is 0 Å². The van der Waals surface area contributed by atoms with Gasteiger partial charge in [-0.1, -0.05) is 12.1 Å². The molecular weight excluding hydrogens is 208 g/mol. The second-order valence-electron chi connectivity index (χ2n) is 5.05. The van der Waals surface area contributed by atoms with E-state index in [1.165, 1.54) is 30.5 Å². The Kier molecular flexibility index (Phi) is 3.72. The summed E-state index contributed by atoms with van der Waals surface area (Å²) in [6.07, 6.45) is 3.81. The van der Waals surface area contributed by atoms with Crippen LogP contribution in [0.3, 0.4) is 0 Å². The van der Waals surface area contributed by atoms with E-state index in [1.807, 2.05) is 0 Å². The molecule has 0 amide bonds. The summed E-state index contributed by atoms with van der Waals surface area (Å²) in [7, 11) is 2.08. The molecule has 1 aromatic carbocycles. The van der Waals surface area contributed by atoms with Gasteiger partial charge in [0.1, 0.15) is 0 Å². The van der Waals surface area contributed by atoms with Crippen LogP contribution in [0.4, 0.5) is 5.69 Å². The molecule has 0 bridgehead atoms. The lowest BCUT2D eigenvalue weighted by Crippen LogP contribution is -2.29. The van der Waals surface area contributed by atoms with Crippen molar-refractivity contribution in [2.75, 3.05) is 25.0 Å². The Balaban J connectivity index is 2.02. The van der Waals surface area contributed by atoms with Crippen LogP contribution in [0, 0.1) is 0 Å². The van der Waals surface area contributed by atoms with E-state index in [1.54, 1.807) is 0 Å². The molecule has 1 N–H and O–H groups in total. The Morgan fingerprint density at radius 3 is 2.12 bits per heavy atom. The largest absolute Gasteiger partial charge is 0.372 e. The van der Waals surface area contributed by atoms with Crippen molar-refractivity contribution in [3.63, 3.8) is 0 Å². The SMILES string of the molecule is CCN(CC)c1ccc(CC2(NC)CC2)cc1. The minimum Gasteiger partial charge on any atom is -0.372 e. The third-order valence-electron chi connectivity index (χ3n) is 3.99. The highest BCUT2D eigenvalue weighted by Crippen LogP contribution is 2.38. The Bertz CT molecular complexity index is 348. The molecular formula is C15H24N2. The first kappa shape index (κ1) is 12.4. The van der Waals surface area contributed by atoms with E-state index in [0.717, 1.165) is 13.1 Å². The van der Waals surface area contributed by atoms with E-state index in [4.69, 9.17) is 0 Å². The van der Waals surface area contributed by atoms with Crippen LogP contribution in [0.25, 0.3) is 0 Å². The average molecular weight is 232 g/mol. The van der Waals surface area contributed by atoms with E-state index in [0.29, 0.717) is 5.54 Å². The average Bonchev–Trinajstić information content (AvgIpc) is 3.13. The summed E-state index contributed by atoms with van der Waals surface area (Å²) in [5.74, 6) is 0. The van der Waals surface area contributed by atoms with E-state index >= 15 is 0 Å². The topological polar surface area (TPSA) is 15.3 Å². The first-order valence-electron chi connectivity index (χ1n) is 6.76. The van der Waals surface area contributed by atoms with Gasteiger partial charge in [0.2, 0.25) is 0 Å². The molecule has 17 heavy (non-hydrogen) atoms. The van der Waals surface area contributed by atoms with Gasteiger partial charge in [0.15, 0.2) is 0 Å². The molecule has 0 atom stereocenters. The minimum atomic E-state index is 0.413. The Morgan fingerprint density at radius 1 is 1.12 bits per heavy atom. The molecule has 0 heterocycles. The third kappa shape index (κ3) is 2.81. The fourth-order valence-corrected chi connectivity index (χ4v) is 2.47. The molecule has 0 unspecified atom stereocenters. The lowest BCUT2D eigenvalue weighted by molar-refractivity contribution is 0.549. The number of anilines is 1. The highest BCUT2D eigenvalue weighted by Gasteiger charge is 2.40. The molecule has 94 valence electrons. The zero-order valence-corrected chi connectivity index (χ0v) is 11.3. The molecule has 0 aromatic heterocycles. The van der Waals surface area contributed by atoms with E-state index in [-0.39, 0.29) is 0 Å². The summed E-state index contributed by atoms with van der Waals surface area (Å²) < 4.78 is 0. The van der Waals surface area contributed by atoms with Crippen molar-refractivity contribution in [2.24, 2.45) is 0 Å². The molecule has 0 saturated heterocycles. The molecule has 1 fully saturated rings. The normalized spacial score (nSPS) is 16.9. The lowest BCUT2D eigenvalue weighted by Gasteiger charge is -2.21. The highest BCUT2D eigenvalue weighted by molar-refractivity contribution is 5.47. The minimum absolute atomic E-state index is 0.413. The van der Waals surface area contributed by atoms with Crippen LogP contribution in [0.2, 0.25) is 0 Å². The first-order chi connectivity index (χ1) is 8.23. The van der Waals surface area contributed by atoms with Gasteiger partial charge in [-0.3, -0.25) is 0 Å². The second kappa shape index (κ2) is 5.09. The van der Waals surface area contributed by atoms with Gasteiger partial charge < -0.3 is 10.2 Å². The molecule has 0 radical (unpaired) electrons. The van der Waals surface area contributed by atoms with Gasteiger partial charge in [0.25, 0.3) is 0 Å². The van der Waals surface area contributed by atoms with Crippen LogP contribution in [0.5, 0.6) is 0 Å². The van der Waals surface area contributed by atoms with Crippen molar-refractivity contribution >= 4 is 5.69 Å². The number of nitrogens with zero attached hydrogens (tertiary/aromatic N) is 1. The van der Waals surface area contributed by atoms with Gasteiger partial charge in [-0.15, -0.1) is 0 Å². The van der Waals surface area contributed by atoms with Gasteiger partial charge in [0.05, 0.1) is 0 Å². The standard InChI is InChI=1S/C15H24N2/c1-4-17(5-2)14-8-6-13(7-9-14)12-15(16-3)10-11-15/h6-9,16H,4-5,10-12H2,1-3H3. The summed E-state index contributed by atoms with van der Waals surface area (Å²) in [5.41, 5.74) is 3.21. The van der Waals surface area contributed by atoms with Gasteiger partial charge in [0, 0.05) is 24.3 Å². The number of hydrogen-bond donors (Lipinski definition) is 1. The molecule has 2 nitrogen and oxygen atoms in total. The maximum absolute atomic E-state index is 3.45. The van der Waals surface area contributed by atoms with Crippen molar-refractivity contribution in [1.82, 2.24) is 5.32 Å². The van der Waals surface area contributed by atoms with Crippen LogP contribution in [-0.2, 0) is 6.42 Å². The first-order valence-corrected chi connectivity index (χ1v) is 6.76. The van der Waals surface area contributed by atoms with Gasteiger partial charge >= 0.3 is 0 Å². The van der Waals surface area contributed by atoms with E-state index < -0.39 is 0 Å². The number of rotatable bonds is 6. The maximum Gasteiger partial charge on any atom is 0.0366 e. The van der Waals surface area contributed by atoms with E-state index in [9.17, 15) is 0 Å². The third-order valence-corrected chi connectivity index (χ3v) is 3.99. The predicted octanol–water partition coefficient (Wildman–Crippen LogP) is 2.83. The number of likely N-dealkylation sites (N-methyl/N-ethyl adjacent to an activating group) is 1. The predicted molar refractivity (Wildman–Crippen MR) is 74.7 cm³/mol. The molecule has 1 aliphatic carbocycles. The Hall–Kier alpha value is -1.02. The van der Waals surface area contributed by atoms with Crippen LogP contribution in [0.15, 0.2) is 24.3 Å². The molecule has 1 saturated carbocycles. The molecule has 0 aliphatic heterocycles. The highest BCUT2D eigenvalue weighted by atomic mass is 15.1. The summed E-state index contributed by atoms with van der Waals surface area (Å²) >= 11 is 0. The summed E-state index contributed by atoms with van der Waals surface area (Å²) in [4.78, 5) is 2.38.